The Kier molecular flexibility index (Phi) is 5.99. The van der Waals surface area contributed by atoms with Crippen LogP contribution < -0.4 is 15.5 Å². The first-order valence-electron chi connectivity index (χ1n) is 9.11. The lowest BCUT2D eigenvalue weighted by Gasteiger charge is -2.17. The van der Waals surface area contributed by atoms with Crippen LogP contribution in [0.5, 0.6) is 0 Å². The summed E-state index contributed by atoms with van der Waals surface area (Å²) in [6.45, 7) is 3.97. The Morgan fingerprint density at radius 3 is 2.14 bits per heavy atom. The van der Waals surface area contributed by atoms with Crippen LogP contribution in [-0.4, -0.2) is 24.3 Å². The topological polar surface area (TPSA) is 78.5 Å². The van der Waals surface area contributed by atoms with Crippen molar-refractivity contribution in [3.05, 3.63) is 53.6 Å². The molecule has 0 spiro atoms. The van der Waals surface area contributed by atoms with Gasteiger partial charge in [0.1, 0.15) is 0 Å². The third-order valence-corrected chi connectivity index (χ3v) is 4.83. The van der Waals surface area contributed by atoms with Crippen molar-refractivity contribution in [3.63, 3.8) is 0 Å². The van der Waals surface area contributed by atoms with E-state index in [1.165, 1.54) is 0 Å². The Balaban J connectivity index is 1.60. The lowest BCUT2D eigenvalue weighted by atomic mass is 10.1. The molecule has 0 aliphatic carbocycles. The van der Waals surface area contributed by atoms with Crippen molar-refractivity contribution in [2.24, 2.45) is 11.8 Å². The van der Waals surface area contributed by atoms with E-state index in [0.29, 0.717) is 22.9 Å². The summed E-state index contributed by atoms with van der Waals surface area (Å²) in [7, 11) is 0. The molecule has 3 rings (SSSR count). The zero-order valence-corrected chi connectivity index (χ0v) is 16.5. The maximum Gasteiger partial charge on any atom is 0.229 e. The third kappa shape index (κ3) is 4.70. The van der Waals surface area contributed by atoms with Crippen LogP contribution in [0.25, 0.3) is 0 Å². The van der Waals surface area contributed by atoms with Gasteiger partial charge in [0.2, 0.25) is 17.7 Å². The zero-order chi connectivity index (χ0) is 20.3. The normalized spacial score (nSPS) is 16.4. The summed E-state index contributed by atoms with van der Waals surface area (Å²) in [5.74, 6) is -0.895. The predicted molar refractivity (Wildman–Crippen MR) is 110 cm³/mol. The van der Waals surface area contributed by atoms with Crippen molar-refractivity contribution in [3.8, 4) is 0 Å². The van der Waals surface area contributed by atoms with Crippen molar-refractivity contribution < 1.29 is 14.4 Å². The molecule has 1 atom stereocenters. The summed E-state index contributed by atoms with van der Waals surface area (Å²) in [5.41, 5.74) is 2.02. The van der Waals surface area contributed by atoms with Gasteiger partial charge in [0.05, 0.1) is 5.92 Å². The second-order valence-corrected chi connectivity index (χ2v) is 7.53. The Labute approximate surface area is 168 Å². The Hall–Kier alpha value is -2.86. The molecule has 28 heavy (non-hydrogen) atoms. The lowest BCUT2D eigenvalue weighted by molar-refractivity contribution is -0.122. The summed E-state index contributed by atoms with van der Waals surface area (Å²) in [5, 5.41) is 6.23. The number of nitrogens with zero attached hydrogens (tertiary/aromatic N) is 1. The van der Waals surface area contributed by atoms with Crippen molar-refractivity contribution >= 4 is 46.4 Å². The number of hydrogen-bond acceptors (Lipinski definition) is 3. The molecule has 3 amide bonds. The molecule has 1 aliphatic rings. The standard InChI is InChI=1S/C21H22ClN3O3/c1-13(2)20(27)23-16-5-7-17(8-6-16)24-21(28)14-11-19(26)25(12-14)18-9-3-15(22)4-10-18/h3-10,13-14H,11-12H2,1-2H3,(H,23,27)(H,24,28). The van der Waals surface area contributed by atoms with E-state index < -0.39 is 5.92 Å². The van der Waals surface area contributed by atoms with Gasteiger partial charge in [0.25, 0.3) is 0 Å². The van der Waals surface area contributed by atoms with Gasteiger partial charge >= 0.3 is 0 Å². The van der Waals surface area contributed by atoms with Crippen LogP contribution in [0.15, 0.2) is 48.5 Å². The van der Waals surface area contributed by atoms with Gasteiger partial charge in [0, 0.05) is 41.0 Å². The van der Waals surface area contributed by atoms with Crippen LogP contribution in [0.2, 0.25) is 5.02 Å². The van der Waals surface area contributed by atoms with E-state index in [1.807, 2.05) is 13.8 Å². The van der Waals surface area contributed by atoms with Crippen LogP contribution in [0, 0.1) is 11.8 Å². The number of halogens is 1. The Bertz CT molecular complexity index is 879. The van der Waals surface area contributed by atoms with Crippen LogP contribution in [0.1, 0.15) is 20.3 Å². The third-order valence-electron chi connectivity index (χ3n) is 4.58. The largest absolute Gasteiger partial charge is 0.326 e. The fraction of sp³-hybridized carbons (Fsp3) is 0.286. The first-order valence-corrected chi connectivity index (χ1v) is 9.49. The summed E-state index contributed by atoms with van der Waals surface area (Å²) < 4.78 is 0. The monoisotopic (exact) mass is 399 g/mol. The van der Waals surface area contributed by atoms with E-state index in [9.17, 15) is 14.4 Å². The van der Waals surface area contributed by atoms with Gasteiger partial charge in [-0.15, -0.1) is 0 Å². The number of anilines is 3. The van der Waals surface area contributed by atoms with Gasteiger partial charge in [-0.25, -0.2) is 0 Å². The van der Waals surface area contributed by atoms with Gasteiger partial charge in [-0.2, -0.15) is 0 Å². The molecule has 1 heterocycles. The maximum atomic E-state index is 12.6. The highest BCUT2D eigenvalue weighted by Gasteiger charge is 2.35. The highest BCUT2D eigenvalue weighted by atomic mass is 35.5. The van der Waals surface area contributed by atoms with E-state index in [1.54, 1.807) is 53.4 Å². The number of carbonyl (C=O) groups excluding carboxylic acids is 3. The number of carbonyl (C=O) groups is 3. The van der Waals surface area contributed by atoms with Gasteiger partial charge in [-0.1, -0.05) is 25.4 Å². The molecule has 2 aromatic carbocycles. The van der Waals surface area contributed by atoms with E-state index in [-0.39, 0.29) is 30.1 Å². The average molecular weight is 400 g/mol. The molecule has 2 aromatic rings. The fourth-order valence-corrected chi connectivity index (χ4v) is 3.05. The first kappa shape index (κ1) is 19.9. The summed E-state index contributed by atoms with van der Waals surface area (Å²) in [6, 6.07) is 13.9. The molecule has 7 heteroatoms. The van der Waals surface area contributed by atoms with Crippen LogP contribution in [0.3, 0.4) is 0 Å². The van der Waals surface area contributed by atoms with Crippen molar-refractivity contribution in [1.29, 1.82) is 0 Å². The number of hydrogen-bond donors (Lipinski definition) is 2. The zero-order valence-electron chi connectivity index (χ0n) is 15.7. The van der Waals surface area contributed by atoms with Crippen LogP contribution in [0.4, 0.5) is 17.1 Å². The minimum atomic E-state index is -0.427. The number of benzene rings is 2. The molecule has 0 bridgehead atoms. The lowest BCUT2D eigenvalue weighted by Crippen LogP contribution is -2.28. The van der Waals surface area contributed by atoms with Gasteiger partial charge in [-0.05, 0) is 48.5 Å². The fourth-order valence-electron chi connectivity index (χ4n) is 2.92. The molecule has 0 saturated carbocycles. The van der Waals surface area contributed by atoms with Crippen molar-refractivity contribution in [1.82, 2.24) is 0 Å². The molecular weight excluding hydrogens is 378 g/mol. The van der Waals surface area contributed by atoms with Crippen molar-refractivity contribution in [2.75, 3.05) is 22.1 Å². The molecule has 0 aromatic heterocycles. The minimum absolute atomic E-state index is 0.0662. The van der Waals surface area contributed by atoms with Gasteiger partial charge in [0.15, 0.2) is 0 Å². The molecule has 1 fully saturated rings. The second-order valence-electron chi connectivity index (χ2n) is 7.09. The van der Waals surface area contributed by atoms with Crippen molar-refractivity contribution in [2.45, 2.75) is 20.3 Å². The molecule has 0 radical (unpaired) electrons. The smallest absolute Gasteiger partial charge is 0.229 e. The van der Waals surface area contributed by atoms with E-state index >= 15 is 0 Å². The summed E-state index contributed by atoms with van der Waals surface area (Å²) in [6.07, 6.45) is 0.164. The maximum absolute atomic E-state index is 12.6. The summed E-state index contributed by atoms with van der Waals surface area (Å²) >= 11 is 5.89. The van der Waals surface area contributed by atoms with Crippen LogP contribution >= 0.6 is 11.6 Å². The van der Waals surface area contributed by atoms with Crippen LogP contribution in [-0.2, 0) is 14.4 Å². The quantitative estimate of drug-likeness (QED) is 0.799. The molecule has 146 valence electrons. The minimum Gasteiger partial charge on any atom is -0.326 e. The first-order chi connectivity index (χ1) is 13.3. The van der Waals surface area contributed by atoms with Gasteiger partial charge < -0.3 is 15.5 Å². The van der Waals surface area contributed by atoms with E-state index in [0.717, 1.165) is 5.69 Å². The summed E-state index contributed by atoms with van der Waals surface area (Å²) in [4.78, 5) is 38.2. The van der Waals surface area contributed by atoms with E-state index in [2.05, 4.69) is 10.6 Å². The molecule has 1 unspecified atom stereocenters. The Morgan fingerprint density at radius 2 is 1.57 bits per heavy atom. The molecule has 1 aliphatic heterocycles. The Morgan fingerprint density at radius 1 is 1.00 bits per heavy atom. The number of nitrogens with one attached hydrogen (secondary N) is 2. The average Bonchev–Trinajstić information content (AvgIpc) is 3.05. The SMILES string of the molecule is CC(C)C(=O)Nc1ccc(NC(=O)C2CC(=O)N(c3ccc(Cl)cc3)C2)cc1. The highest BCUT2D eigenvalue weighted by Crippen LogP contribution is 2.27. The molecule has 1 saturated heterocycles. The molecule has 2 N–H and O–H groups in total. The highest BCUT2D eigenvalue weighted by molar-refractivity contribution is 6.30. The molecule has 6 nitrogen and oxygen atoms in total. The number of rotatable bonds is 5. The predicted octanol–water partition coefficient (Wildman–Crippen LogP) is 3.93. The number of amides is 3. The second kappa shape index (κ2) is 8.44. The van der Waals surface area contributed by atoms with Gasteiger partial charge in [-0.3, -0.25) is 14.4 Å². The van der Waals surface area contributed by atoms with E-state index in [4.69, 9.17) is 11.6 Å². The molecular formula is C21H22ClN3O3.